The van der Waals surface area contributed by atoms with Crippen LogP contribution in [0.15, 0.2) is 5.10 Å². The van der Waals surface area contributed by atoms with E-state index in [2.05, 4.69) is 10.5 Å². The van der Waals surface area contributed by atoms with Crippen LogP contribution in [-0.2, 0) is 4.74 Å². The zero-order chi connectivity index (χ0) is 8.69. The molecule has 0 saturated carbocycles. The third kappa shape index (κ3) is 5.79. The van der Waals surface area contributed by atoms with Crippen LogP contribution >= 0.6 is 12.2 Å². The highest BCUT2D eigenvalue weighted by Crippen LogP contribution is 1.83. The lowest BCUT2D eigenvalue weighted by atomic mass is 10.3. The molecule has 0 aliphatic carbocycles. The van der Waals surface area contributed by atoms with Gasteiger partial charge in [0.2, 0.25) is 0 Å². The smallest absolute Gasteiger partial charge is 0.277 e. The molecule has 0 fully saturated rings. The van der Waals surface area contributed by atoms with Crippen molar-refractivity contribution in [1.82, 2.24) is 5.43 Å². The average molecular weight is 174 g/mol. The minimum absolute atomic E-state index is 0.334. The highest BCUT2D eigenvalue weighted by molar-refractivity contribution is 7.80. The first-order chi connectivity index (χ1) is 5.20. The minimum Gasteiger partial charge on any atom is -0.470 e. The van der Waals surface area contributed by atoms with E-state index in [1.54, 1.807) is 0 Å². The van der Waals surface area contributed by atoms with E-state index >= 15 is 0 Å². The molecule has 0 aromatic heterocycles. The summed E-state index contributed by atoms with van der Waals surface area (Å²) in [5.74, 6) is 0. The van der Waals surface area contributed by atoms with Gasteiger partial charge in [-0.15, -0.1) is 0 Å². The Morgan fingerprint density at radius 1 is 1.55 bits per heavy atom. The molecule has 0 aliphatic rings. The summed E-state index contributed by atoms with van der Waals surface area (Å²) in [6.07, 6.45) is 0.918. The van der Waals surface area contributed by atoms with Crippen molar-refractivity contribution in [3.05, 3.63) is 0 Å². The molecule has 0 aromatic carbocycles. The van der Waals surface area contributed by atoms with Gasteiger partial charge in [0.15, 0.2) is 0 Å². The van der Waals surface area contributed by atoms with Gasteiger partial charge in [0.25, 0.3) is 5.17 Å². The molecule has 0 unspecified atom stereocenters. The largest absolute Gasteiger partial charge is 0.470 e. The van der Waals surface area contributed by atoms with Crippen molar-refractivity contribution in [2.24, 2.45) is 5.10 Å². The Morgan fingerprint density at radius 2 is 2.18 bits per heavy atom. The third-order valence-corrected chi connectivity index (χ3v) is 1.33. The maximum absolute atomic E-state index is 4.95. The molecule has 64 valence electrons. The molecular weight excluding hydrogens is 160 g/mol. The van der Waals surface area contributed by atoms with Crippen LogP contribution in [0.25, 0.3) is 0 Å². The monoisotopic (exact) mass is 174 g/mol. The van der Waals surface area contributed by atoms with Gasteiger partial charge in [-0.2, -0.15) is 5.10 Å². The first-order valence-electron chi connectivity index (χ1n) is 3.66. The van der Waals surface area contributed by atoms with Crippen molar-refractivity contribution < 1.29 is 4.74 Å². The Balaban J connectivity index is 3.60. The van der Waals surface area contributed by atoms with E-state index < -0.39 is 0 Å². The summed E-state index contributed by atoms with van der Waals surface area (Å²) < 4.78 is 4.95. The molecule has 0 atom stereocenters. The van der Waals surface area contributed by atoms with Gasteiger partial charge in [-0.05, 0) is 32.5 Å². The molecule has 0 heterocycles. The van der Waals surface area contributed by atoms with E-state index in [-0.39, 0.29) is 0 Å². The van der Waals surface area contributed by atoms with E-state index in [0.29, 0.717) is 11.8 Å². The molecule has 0 bridgehead atoms. The lowest BCUT2D eigenvalue weighted by Crippen LogP contribution is -2.19. The highest BCUT2D eigenvalue weighted by Gasteiger charge is 1.91. The van der Waals surface area contributed by atoms with Crippen LogP contribution in [0.1, 0.15) is 27.2 Å². The summed E-state index contributed by atoms with van der Waals surface area (Å²) in [6.45, 7) is 6.42. The summed E-state index contributed by atoms with van der Waals surface area (Å²) in [5, 5.41) is 4.30. The van der Waals surface area contributed by atoms with Crippen LogP contribution in [0.3, 0.4) is 0 Å². The van der Waals surface area contributed by atoms with Crippen molar-refractivity contribution >= 4 is 23.1 Å². The van der Waals surface area contributed by atoms with E-state index in [9.17, 15) is 0 Å². The normalized spacial score (nSPS) is 11.0. The fourth-order valence-electron chi connectivity index (χ4n) is 0.383. The number of ether oxygens (including phenoxy) is 1. The molecule has 0 rings (SSSR count). The van der Waals surface area contributed by atoms with E-state index in [4.69, 9.17) is 17.0 Å². The summed E-state index contributed by atoms with van der Waals surface area (Å²) >= 11 is 4.78. The van der Waals surface area contributed by atoms with Crippen molar-refractivity contribution in [2.45, 2.75) is 27.2 Å². The number of nitrogens with one attached hydrogen (secondary N) is 1. The zero-order valence-electron chi connectivity index (χ0n) is 7.18. The molecule has 4 heteroatoms. The first-order valence-corrected chi connectivity index (χ1v) is 4.07. The molecule has 0 aromatic rings. The van der Waals surface area contributed by atoms with E-state index in [0.717, 1.165) is 12.1 Å². The van der Waals surface area contributed by atoms with Crippen LogP contribution in [0, 0.1) is 0 Å². The van der Waals surface area contributed by atoms with Crippen molar-refractivity contribution in [3.63, 3.8) is 0 Å². The Labute approximate surface area is 72.8 Å². The van der Waals surface area contributed by atoms with Crippen LogP contribution in [0.4, 0.5) is 0 Å². The Bertz CT molecular complexity index is 157. The topological polar surface area (TPSA) is 33.6 Å². The molecule has 0 spiro atoms. The summed E-state index contributed by atoms with van der Waals surface area (Å²) in [4.78, 5) is 0. The third-order valence-electron chi connectivity index (χ3n) is 1.13. The van der Waals surface area contributed by atoms with Gasteiger partial charge in [0, 0.05) is 5.71 Å². The molecule has 0 radical (unpaired) electrons. The van der Waals surface area contributed by atoms with Crippen LogP contribution in [0.5, 0.6) is 0 Å². The second-order valence-electron chi connectivity index (χ2n) is 2.03. The SMILES string of the molecule is CCOC(=S)N/N=C(\C)CC. The fourth-order valence-corrected chi connectivity index (χ4v) is 0.547. The standard InChI is InChI=1S/C7H14N2OS/c1-4-6(3)8-9-7(11)10-5-2/h4-5H2,1-3H3,(H,9,11)/b8-6+. The molecular formula is C7H14N2OS. The number of hydrogen-bond donors (Lipinski definition) is 1. The van der Waals surface area contributed by atoms with Gasteiger partial charge >= 0.3 is 0 Å². The Morgan fingerprint density at radius 3 is 2.64 bits per heavy atom. The van der Waals surface area contributed by atoms with Gasteiger partial charge in [0.05, 0.1) is 6.61 Å². The van der Waals surface area contributed by atoms with Crippen LogP contribution in [0.2, 0.25) is 0 Å². The number of nitrogens with zero attached hydrogens (tertiary/aromatic N) is 1. The second-order valence-corrected chi connectivity index (χ2v) is 2.40. The maximum atomic E-state index is 4.95. The van der Waals surface area contributed by atoms with Gasteiger partial charge in [-0.25, -0.2) is 5.43 Å². The minimum atomic E-state index is 0.334. The number of hydrazone groups is 1. The predicted molar refractivity (Wildman–Crippen MR) is 50.8 cm³/mol. The van der Waals surface area contributed by atoms with Gasteiger partial charge in [-0.3, -0.25) is 0 Å². The quantitative estimate of drug-likeness (QED) is 0.401. The van der Waals surface area contributed by atoms with Crippen molar-refractivity contribution in [2.75, 3.05) is 6.61 Å². The molecule has 0 amide bonds. The molecule has 0 aliphatic heterocycles. The van der Waals surface area contributed by atoms with E-state index in [1.165, 1.54) is 0 Å². The molecule has 0 saturated heterocycles. The summed E-state index contributed by atoms with van der Waals surface area (Å²) in [7, 11) is 0. The predicted octanol–water partition coefficient (Wildman–Crippen LogP) is 1.68. The van der Waals surface area contributed by atoms with Crippen molar-refractivity contribution in [3.8, 4) is 0 Å². The van der Waals surface area contributed by atoms with E-state index in [1.807, 2.05) is 20.8 Å². The number of hydrogen-bond acceptors (Lipinski definition) is 3. The summed E-state index contributed by atoms with van der Waals surface area (Å²) in [6, 6.07) is 0. The zero-order valence-corrected chi connectivity index (χ0v) is 7.99. The average Bonchev–Trinajstić information content (AvgIpc) is 2.01. The maximum Gasteiger partial charge on any atom is 0.277 e. The number of thiocarbonyl (C=S) groups is 1. The Hall–Kier alpha value is -0.640. The molecule has 11 heavy (non-hydrogen) atoms. The lowest BCUT2D eigenvalue weighted by molar-refractivity contribution is 0.321. The molecule has 1 N–H and O–H groups in total. The summed E-state index contributed by atoms with van der Waals surface area (Å²) in [5.41, 5.74) is 3.64. The first kappa shape index (κ1) is 10.4. The van der Waals surface area contributed by atoms with Gasteiger partial charge in [0.1, 0.15) is 0 Å². The van der Waals surface area contributed by atoms with Crippen LogP contribution in [-0.4, -0.2) is 17.5 Å². The lowest BCUT2D eigenvalue weighted by Gasteiger charge is -2.03. The fraction of sp³-hybridized carbons (Fsp3) is 0.714. The van der Waals surface area contributed by atoms with Crippen LogP contribution < -0.4 is 5.43 Å². The Kier molecular flexibility index (Phi) is 5.74. The molecule has 3 nitrogen and oxygen atoms in total. The highest BCUT2D eigenvalue weighted by atomic mass is 32.1. The number of rotatable bonds is 3. The van der Waals surface area contributed by atoms with Gasteiger partial charge < -0.3 is 4.74 Å². The second kappa shape index (κ2) is 6.09. The van der Waals surface area contributed by atoms with Crippen molar-refractivity contribution in [1.29, 1.82) is 0 Å². The van der Waals surface area contributed by atoms with Gasteiger partial charge in [-0.1, -0.05) is 6.92 Å².